The third-order valence-corrected chi connectivity index (χ3v) is 2.18. The Morgan fingerprint density at radius 2 is 2.20 bits per heavy atom. The summed E-state index contributed by atoms with van der Waals surface area (Å²) in [5.74, 6) is 0.409. The minimum Gasteiger partial charge on any atom is -0.346 e. The average Bonchev–Trinajstić information content (AvgIpc) is 2.61. The molecule has 2 rings (SSSR count). The Kier molecular flexibility index (Phi) is 2.29. The summed E-state index contributed by atoms with van der Waals surface area (Å²) in [6.07, 6.45) is 4.09. The first-order chi connectivity index (χ1) is 7.06. The van der Waals surface area contributed by atoms with Crippen molar-refractivity contribution in [2.75, 3.05) is 11.7 Å². The van der Waals surface area contributed by atoms with Crippen molar-refractivity contribution in [1.29, 1.82) is 0 Å². The van der Waals surface area contributed by atoms with Crippen molar-refractivity contribution in [3.8, 4) is 0 Å². The lowest BCUT2D eigenvalue weighted by Crippen LogP contribution is -2.28. The van der Waals surface area contributed by atoms with Crippen molar-refractivity contribution >= 4 is 26.9 Å². The van der Waals surface area contributed by atoms with E-state index in [0.717, 1.165) is 6.26 Å². The first-order valence-corrected chi connectivity index (χ1v) is 5.96. The van der Waals surface area contributed by atoms with Crippen LogP contribution in [0.4, 0.5) is 5.82 Å². The second kappa shape index (κ2) is 3.48. The van der Waals surface area contributed by atoms with E-state index in [2.05, 4.69) is 25.2 Å². The van der Waals surface area contributed by atoms with Gasteiger partial charge in [0, 0.05) is 6.20 Å². The molecule has 2 heterocycles. The maximum absolute atomic E-state index is 10.9. The number of nitrogens with one attached hydrogen (secondary N) is 3. The highest BCUT2D eigenvalue weighted by atomic mass is 32.2. The Hall–Kier alpha value is -1.67. The molecule has 0 spiro atoms. The monoisotopic (exact) mass is 227 g/mol. The van der Waals surface area contributed by atoms with E-state index in [1.165, 1.54) is 6.33 Å². The van der Waals surface area contributed by atoms with Crippen LogP contribution in [-0.2, 0) is 10.0 Å². The van der Waals surface area contributed by atoms with Gasteiger partial charge in [-0.25, -0.2) is 18.4 Å². The highest BCUT2D eigenvalue weighted by Gasteiger charge is 2.05. The first-order valence-electron chi connectivity index (χ1n) is 4.07. The van der Waals surface area contributed by atoms with Crippen LogP contribution in [0.15, 0.2) is 18.6 Å². The van der Waals surface area contributed by atoms with Crippen LogP contribution in [0.3, 0.4) is 0 Å². The molecule has 0 unspecified atom stereocenters. The molecule has 2 aromatic rings. The summed E-state index contributed by atoms with van der Waals surface area (Å²) in [6.45, 7) is 0. The van der Waals surface area contributed by atoms with Gasteiger partial charge in [0.1, 0.15) is 12.0 Å². The van der Waals surface area contributed by atoms with Crippen LogP contribution < -0.4 is 10.3 Å². The zero-order valence-corrected chi connectivity index (χ0v) is 8.67. The number of fused-ring (bicyclic) bond motifs is 1. The van der Waals surface area contributed by atoms with Crippen LogP contribution in [-0.4, -0.2) is 29.6 Å². The van der Waals surface area contributed by atoms with Crippen LogP contribution in [0.2, 0.25) is 0 Å². The fourth-order valence-electron chi connectivity index (χ4n) is 1.11. The summed E-state index contributed by atoms with van der Waals surface area (Å²) in [5.41, 5.74) is 3.15. The number of aromatic nitrogens is 3. The number of hydrogen-bond donors (Lipinski definition) is 3. The number of hydrogen-bond acceptors (Lipinski definition) is 5. The molecule has 0 amide bonds. The quantitative estimate of drug-likeness (QED) is 0.632. The fraction of sp³-hybridized carbons (Fsp3) is 0.143. The van der Waals surface area contributed by atoms with Gasteiger partial charge in [-0.1, -0.05) is 0 Å². The van der Waals surface area contributed by atoms with E-state index in [0.29, 0.717) is 16.9 Å². The Balaban J connectivity index is 2.32. The molecule has 0 fully saturated rings. The van der Waals surface area contributed by atoms with Crippen molar-refractivity contribution in [1.82, 2.24) is 19.8 Å². The molecule has 2 aromatic heterocycles. The largest absolute Gasteiger partial charge is 0.346 e. The molecule has 15 heavy (non-hydrogen) atoms. The molecule has 0 aliphatic rings. The van der Waals surface area contributed by atoms with Gasteiger partial charge in [-0.15, -0.1) is 4.83 Å². The minimum atomic E-state index is -3.31. The van der Waals surface area contributed by atoms with Gasteiger partial charge in [-0.2, -0.15) is 0 Å². The standard InChI is InChI=1S/C7H9N5O2S/c1-15(13,14)12-11-7-5-2-3-8-6(5)9-4-10-7/h2-4,12H,1H3,(H2,8,9,10,11). The molecule has 0 atom stereocenters. The predicted molar refractivity (Wildman–Crippen MR) is 55.5 cm³/mol. The SMILES string of the molecule is CS(=O)(=O)NNc1ncnc2[nH]ccc12. The molecule has 0 aromatic carbocycles. The molecule has 8 heteroatoms. The minimum absolute atomic E-state index is 0.409. The normalized spacial score (nSPS) is 11.8. The molecule has 0 aliphatic carbocycles. The lowest BCUT2D eigenvalue weighted by Gasteiger charge is -2.05. The molecule has 80 valence electrons. The van der Waals surface area contributed by atoms with Crippen LogP contribution >= 0.6 is 0 Å². The highest BCUT2D eigenvalue weighted by Crippen LogP contribution is 2.16. The van der Waals surface area contributed by atoms with E-state index in [9.17, 15) is 8.42 Å². The topological polar surface area (TPSA) is 99.8 Å². The summed E-state index contributed by atoms with van der Waals surface area (Å²) < 4.78 is 21.7. The molecule has 0 aliphatic heterocycles. The van der Waals surface area contributed by atoms with Crippen molar-refractivity contribution in [3.05, 3.63) is 18.6 Å². The third-order valence-electron chi connectivity index (χ3n) is 1.71. The summed E-state index contributed by atoms with van der Waals surface area (Å²) >= 11 is 0. The van der Waals surface area contributed by atoms with Gasteiger partial charge < -0.3 is 4.98 Å². The Morgan fingerprint density at radius 3 is 2.93 bits per heavy atom. The van der Waals surface area contributed by atoms with Gasteiger partial charge >= 0.3 is 0 Å². The zero-order valence-electron chi connectivity index (χ0n) is 7.85. The number of anilines is 1. The summed E-state index contributed by atoms with van der Waals surface area (Å²) in [6, 6.07) is 1.75. The van der Waals surface area contributed by atoms with Gasteiger partial charge in [0.2, 0.25) is 10.0 Å². The lowest BCUT2D eigenvalue weighted by molar-refractivity contribution is 0.593. The zero-order chi connectivity index (χ0) is 10.9. The molecular weight excluding hydrogens is 218 g/mol. The van der Waals surface area contributed by atoms with Crippen molar-refractivity contribution in [2.24, 2.45) is 0 Å². The summed E-state index contributed by atoms with van der Waals surface area (Å²) in [5, 5.41) is 0.716. The van der Waals surface area contributed by atoms with Gasteiger partial charge in [0.25, 0.3) is 0 Å². The van der Waals surface area contributed by atoms with Crippen LogP contribution in [0.25, 0.3) is 11.0 Å². The van der Waals surface area contributed by atoms with Gasteiger partial charge in [-0.3, -0.25) is 5.43 Å². The number of nitrogens with zero attached hydrogens (tertiary/aromatic N) is 2. The van der Waals surface area contributed by atoms with Crippen molar-refractivity contribution < 1.29 is 8.42 Å². The van der Waals surface area contributed by atoms with E-state index < -0.39 is 10.0 Å². The third kappa shape index (κ3) is 2.22. The van der Waals surface area contributed by atoms with E-state index in [1.807, 2.05) is 0 Å². The van der Waals surface area contributed by atoms with E-state index in [4.69, 9.17) is 0 Å². The molecule has 0 bridgehead atoms. The van der Waals surface area contributed by atoms with Crippen molar-refractivity contribution in [3.63, 3.8) is 0 Å². The number of aromatic amines is 1. The van der Waals surface area contributed by atoms with E-state index in [1.54, 1.807) is 12.3 Å². The average molecular weight is 227 g/mol. The molecule has 7 nitrogen and oxygen atoms in total. The first kappa shape index (κ1) is 9.87. The second-order valence-electron chi connectivity index (χ2n) is 2.96. The molecule has 0 saturated heterocycles. The van der Waals surface area contributed by atoms with Crippen LogP contribution in [0.1, 0.15) is 0 Å². The predicted octanol–water partition coefficient (Wildman–Crippen LogP) is -0.166. The fourth-order valence-corrected chi connectivity index (χ4v) is 1.40. The maximum Gasteiger partial charge on any atom is 0.225 e. The van der Waals surface area contributed by atoms with Gasteiger partial charge in [0.05, 0.1) is 11.6 Å². The summed E-state index contributed by atoms with van der Waals surface area (Å²) in [7, 11) is -3.31. The number of sulfonamides is 1. The van der Waals surface area contributed by atoms with E-state index in [-0.39, 0.29) is 0 Å². The highest BCUT2D eigenvalue weighted by molar-refractivity contribution is 7.88. The van der Waals surface area contributed by atoms with E-state index >= 15 is 0 Å². The van der Waals surface area contributed by atoms with Crippen LogP contribution in [0.5, 0.6) is 0 Å². The molecule has 3 N–H and O–H groups in total. The Morgan fingerprint density at radius 1 is 1.40 bits per heavy atom. The molecular formula is C7H9N5O2S. The van der Waals surface area contributed by atoms with Gasteiger partial charge in [0.15, 0.2) is 5.82 Å². The number of rotatable bonds is 3. The Bertz CT molecular complexity index is 576. The molecule has 0 saturated carbocycles. The van der Waals surface area contributed by atoms with Gasteiger partial charge in [-0.05, 0) is 6.07 Å². The maximum atomic E-state index is 10.9. The number of H-pyrrole nitrogens is 1. The Labute approximate surface area is 86.0 Å². The second-order valence-corrected chi connectivity index (χ2v) is 4.71. The lowest BCUT2D eigenvalue weighted by atomic mass is 10.4. The molecule has 0 radical (unpaired) electrons. The number of hydrazine groups is 1. The van der Waals surface area contributed by atoms with Crippen molar-refractivity contribution in [2.45, 2.75) is 0 Å². The summed E-state index contributed by atoms with van der Waals surface area (Å²) in [4.78, 5) is 12.9. The van der Waals surface area contributed by atoms with Crippen LogP contribution in [0, 0.1) is 0 Å². The smallest absolute Gasteiger partial charge is 0.225 e.